The van der Waals surface area contributed by atoms with Gasteiger partial charge in [0.15, 0.2) is 5.78 Å². The number of carbonyl (C=O) groups excluding carboxylic acids is 1. The van der Waals surface area contributed by atoms with E-state index in [9.17, 15) is 4.79 Å². The summed E-state index contributed by atoms with van der Waals surface area (Å²) in [6, 6.07) is 3.64. The predicted octanol–water partition coefficient (Wildman–Crippen LogP) is 4.13. The third-order valence-electron chi connectivity index (χ3n) is 4.35. The Bertz CT molecular complexity index is 766. The largest absolute Gasteiger partial charge is 0.357 e. The van der Waals surface area contributed by atoms with Gasteiger partial charge in [0, 0.05) is 28.1 Å². The Hall–Kier alpha value is -1.17. The van der Waals surface area contributed by atoms with Gasteiger partial charge in [0.1, 0.15) is 6.23 Å². The molecule has 0 spiro atoms. The smallest absolute Gasteiger partial charge is 0.197 e. The van der Waals surface area contributed by atoms with E-state index in [4.69, 9.17) is 16.3 Å². The lowest BCUT2D eigenvalue weighted by Gasteiger charge is -2.26. The molecule has 1 aliphatic heterocycles. The Labute approximate surface area is 141 Å². The Morgan fingerprint density at radius 3 is 3.00 bits per heavy atom. The van der Waals surface area contributed by atoms with Crippen molar-refractivity contribution in [1.82, 2.24) is 9.78 Å². The molecule has 22 heavy (non-hydrogen) atoms. The summed E-state index contributed by atoms with van der Waals surface area (Å²) in [4.78, 5) is 12.8. The minimum absolute atomic E-state index is 0.0207. The molecule has 1 aromatic carbocycles. The van der Waals surface area contributed by atoms with E-state index in [1.165, 1.54) is 0 Å². The molecule has 0 radical (unpaired) electrons. The maximum Gasteiger partial charge on any atom is 0.197 e. The van der Waals surface area contributed by atoms with Crippen LogP contribution in [-0.4, -0.2) is 22.2 Å². The van der Waals surface area contributed by atoms with Gasteiger partial charge in [-0.3, -0.25) is 4.79 Å². The van der Waals surface area contributed by atoms with Crippen LogP contribution in [0.5, 0.6) is 0 Å². The second kappa shape index (κ2) is 5.48. The molecule has 4 nitrogen and oxygen atoms in total. The van der Waals surface area contributed by atoms with E-state index in [0.717, 1.165) is 41.6 Å². The summed E-state index contributed by atoms with van der Waals surface area (Å²) >= 11 is 9.78. The number of halogens is 2. The van der Waals surface area contributed by atoms with Gasteiger partial charge in [-0.15, -0.1) is 0 Å². The fraction of sp³-hybridized carbons (Fsp3) is 0.375. The van der Waals surface area contributed by atoms with Crippen LogP contribution in [0.4, 0.5) is 0 Å². The van der Waals surface area contributed by atoms with E-state index in [1.54, 1.807) is 6.20 Å². The molecule has 1 aliphatic carbocycles. The Morgan fingerprint density at radius 1 is 1.36 bits per heavy atom. The lowest BCUT2D eigenvalue weighted by atomic mass is 9.89. The van der Waals surface area contributed by atoms with Crippen LogP contribution in [0.15, 0.2) is 22.8 Å². The minimum atomic E-state index is -0.0715. The molecule has 0 amide bonds. The second-order valence-corrected chi connectivity index (χ2v) is 6.92. The van der Waals surface area contributed by atoms with Crippen molar-refractivity contribution < 1.29 is 9.53 Å². The fourth-order valence-corrected chi connectivity index (χ4v) is 4.01. The van der Waals surface area contributed by atoms with Gasteiger partial charge < -0.3 is 4.74 Å². The SMILES string of the molecule is O=C1c2cnn(C3CCCCO3)c2Cc2c(Cl)ccc(Br)c21. The summed E-state index contributed by atoms with van der Waals surface area (Å²) in [5.41, 5.74) is 3.09. The van der Waals surface area contributed by atoms with E-state index < -0.39 is 0 Å². The molecule has 1 saturated heterocycles. The van der Waals surface area contributed by atoms with Crippen LogP contribution in [0, 0.1) is 0 Å². The lowest BCUT2D eigenvalue weighted by Crippen LogP contribution is -2.24. The average Bonchev–Trinajstić information content (AvgIpc) is 2.96. The highest BCUT2D eigenvalue weighted by Crippen LogP contribution is 2.37. The number of nitrogens with zero attached hydrogens (tertiary/aromatic N) is 2. The van der Waals surface area contributed by atoms with E-state index in [1.807, 2.05) is 16.8 Å². The van der Waals surface area contributed by atoms with E-state index in [2.05, 4.69) is 21.0 Å². The number of aromatic nitrogens is 2. The normalized spacial score (nSPS) is 20.6. The summed E-state index contributed by atoms with van der Waals surface area (Å²) in [6.45, 7) is 0.746. The van der Waals surface area contributed by atoms with Crippen molar-refractivity contribution in [1.29, 1.82) is 0 Å². The first-order chi connectivity index (χ1) is 10.7. The highest BCUT2D eigenvalue weighted by molar-refractivity contribution is 9.10. The lowest BCUT2D eigenvalue weighted by molar-refractivity contribution is -0.0409. The molecule has 0 bridgehead atoms. The van der Waals surface area contributed by atoms with Crippen LogP contribution in [0.2, 0.25) is 5.02 Å². The van der Waals surface area contributed by atoms with Gasteiger partial charge in [0.05, 0.1) is 17.5 Å². The van der Waals surface area contributed by atoms with Gasteiger partial charge in [-0.2, -0.15) is 5.10 Å². The van der Waals surface area contributed by atoms with Gasteiger partial charge >= 0.3 is 0 Å². The number of hydrogen-bond acceptors (Lipinski definition) is 3. The summed E-state index contributed by atoms with van der Waals surface area (Å²) in [5, 5.41) is 5.05. The first kappa shape index (κ1) is 14.4. The highest BCUT2D eigenvalue weighted by atomic mass is 79.9. The third-order valence-corrected chi connectivity index (χ3v) is 5.36. The molecule has 0 N–H and O–H groups in total. The molecule has 0 saturated carbocycles. The van der Waals surface area contributed by atoms with Gasteiger partial charge in [-0.05, 0) is 37.0 Å². The fourth-order valence-electron chi connectivity index (χ4n) is 3.23. The predicted molar refractivity (Wildman–Crippen MR) is 86.5 cm³/mol. The van der Waals surface area contributed by atoms with Crippen molar-refractivity contribution in [2.24, 2.45) is 0 Å². The summed E-state index contributed by atoms with van der Waals surface area (Å²) in [7, 11) is 0. The number of ketones is 1. The van der Waals surface area contributed by atoms with Crippen LogP contribution in [0.3, 0.4) is 0 Å². The third kappa shape index (κ3) is 2.14. The van der Waals surface area contributed by atoms with Crippen LogP contribution >= 0.6 is 27.5 Å². The molecule has 4 rings (SSSR count). The van der Waals surface area contributed by atoms with Gasteiger partial charge in [-0.1, -0.05) is 27.5 Å². The molecule has 1 atom stereocenters. The van der Waals surface area contributed by atoms with E-state index >= 15 is 0 Å². The summed E-state index contributed by atoms with van der Waals surface area (Å²) in [6.07, 6.45) is 5.33. The van der Waals surface area contributed by atoms with Gasteiger partial charge in [0.2, 0.25) is 0 Å². The standard InChI is InChI=1S/C16H14BrClN2O2/c17-11-4-5-12(18)9-7-13-10(16(21)15(9)11)8-19-20(13)14-3-1-2-6-22-14/h4-5,8,14H,1-3,6-7H2. The number of benzene rings is 1. The Morgan fingerprint density at radius 2 is 2.23 bits per heavy atom. The first-order valence-electron chi connectivity index (χ1n) is 7.36. The number of hydrogen-bond donors (Lipinski definition) is 0. The van der Waals surface area contributed by atoms with Crippen molar-refractivity contribution in [3.8, 4) is 0 Å². The second-order valence-electron chi connectivity index (χ2n) is 5.66. The minimum Gasteiger partial charge on any atom is -0.357 e. The summed E-state index contributed by atoms with van der Waals surface area (Å²) in [5.74, 6) is -0.0207. The number of fused-ring (bicyclic) bond motifs is 2. The topological polar surface area (TPSA) is 44.1 Å². The molecule has 1 aromatic heterocycles. The van der Waals surface area contributed by atoms with Crippen molar-refractivity contribution in [3.63, 3.8) is 0 Å². The molecular weight excluding hydrogens is 368 g/mol. The number of carbonyl (C=O) groups is 1. The van der Waals surface area contributed by atoms with Crippen molar-refractivity contribution in [2.75, 3.05) is 6.61 Å². The average molecular weight is 382 g/mol. The van der Waals surface area contributed by atoms with E-state index in [-0.39, 0.29) is 12.0 Å². The molecule has 1 fully saturated rings. The quantitative estimate of drug-likeness (QED) is 0.636. The van der Waals surface area contributed by atoms with Gasteiger partial charge in [0.25, 0.3) is 0 Å². The molecule has 1 unspecified atom stereocenters. The van der Waals surface area contributed by atoms with Crippen LogP contribution in [0.25, 0.3) is 0 Å². The summed E-state index contributed by atoms with van der Waals surface area (Å²) < 4.78 is 8.46. The zero-order valence-corrected chi connectivity index (χ0v) is 14.2. The van der Waals surface area contributed by atoms with Crippen LogP contribution < -0.4 is 0 Å². The molecule has 6 heteroatoms. The van der Waals surface area contributed by atoms with Crippen LogP contribution in [0.1, 0.15) is 52.7 Å². The number of ether oxygens (including phenoxy) is 1. The molecule has 114 valence electrons. The zero-order chi connectivity index (χ0) is 15.3. The van der Waals surface area contributed by atoms with Crippen molar-refractivity contribution in [3.05, 3.63) is 50.2 Å². The maximum absolute atomic E-state index is 12.8. The zero-order valence-electron chi connectivity index (χ0n) is 11.8. The Balaban J connectivity index is 1.81. The molecule has 2 heterocycles. The highest BCUT2D eigenvalue weighted by Gasteiger charge is 2.32. The maximum atomic E-state index is 12.8. The van der Waals surface area contributed by atoms with Crippen molar-refractivity contribution in [2.45, 2.75) is 31.9 Å². The Kier molecular flexibility index (Phi) is 3.59. The molecule has 2 aliphatic rings. The number of rotatable bonds is 1. The van der Waals surface area contributed by atoms with E-state index in [0.29, 0.717) is 22.6 Å². The molecular formula is C16H14BrClN2O2. The van der Waals surface area contributed by atoms with Gasteiger partial charge in [-0.25, -0.2) is 4.68 Å². The van der Waals surface area contributed by atoms with Crippen molar-refractivity contribution >= 4 is 33.3 Å². The first-order valence-corrected chi connectivity index (χ1v) is 8.53. The van der Waals surface area contributed by atoms with Crippen LogP contribution in [-0.2, 0) is 11.2 Å². The molecule has 2 aromatic rings. The monoisotopic (exact) mass is 380 g/mol.